The van der Waals surface area contributed by atoms with Crippen molar-refractivity contribution in [2.45, 2.75) is 6.92 Å². The molecule has 2 rings (SSSR count). The number of nitrogens with zero attached hydrogens (tertiary/aromatic N) is 1. The van der Waals surface area contributed by atoms with Crippen LogP contribution >= 0.6 is 11.3 Å². The van der Waals surface area contributed by atoms with Crippen LogP contribution in [0.5, 0.6) is 0 Å². The van der Waals surface area contributed by atoms with Gasteiger partial charge in [-0.2, -0.15) is 11.3 Å². The smallest absolute Gasteiger partial charge is 0.0713 e. The molecule has 1 nitrogen and oxygen atoms in total. The van der Waals surface area contributed by atoms with Gasteiger partial charge >= 0.3 is 0 Å². The molecule has 0 unspecified atom stereocenters. The van der Waals surface area contributed by atoms with E-state index in [-0.39, 0.29) is 0 Å². The van der Waals surface area contributed by atoms with E-state index in [0.717, 1.165) is 11.4 Å². The molecule has 0 aliphatic heterocycles. The number of aromatic nitrogens is 1. The van der Waals surface area contributed by atoms with E-state index in [1.165, 1.54) is 5.56 Å². The Kier molecular flexibility index (Phi) is 1.92. The summed E-state index contributed by atoms with van der Waals surface area (Å²) in [7, 11) is 0. The molecule has 0 saturated carbocycles. The van der Waals surface area contributed by atoms with Crippen LogP contribution in [-0.4, -0.2) is 4.98 Å². The summed E-state index contributed by atoms with van der Waals surface area (Å²) in [5.74, 6) is 0. The highest BCUT2D eigenvalue weighted by Crippen LogP contribution is 2.19. The molecule has 0 fully saturated rings. The molecule has 0 radical (unpaired) electrons. The first-order valence-corrected chi connectivity index (χ1v) is 4.77. The fourth-order valence-corrected chi connectivity index (χ4v) is 1.76. The van der Waals surface area contributed by atoms with Crippen LogP contribution in [0.15, 0.2) is 35.0 Å². The molecule has 12 heavy (non-hydrogen) atoms. The summed E-state index contributed by atoms with van der Waals surface area (Å²) in [5, 5.41) is 4.18. The van der Waals surface area contributed by atoms with Gasteiger partial charge in [0.25, 0.3) is 0 Å². The molecular weight excluding hydrogens is 166 g/mol. The topological polar surface area (TPSA) is 12.9 Å². The zero-order valence-corrected chi connectivity index (χ0v) is 7.64. The van der Waals surface area contributed by atoms with E-state index in [4.69, 9.17) is 0 Å². The Morgan fingerprint density at radius 2 is 2.17 bits per heavy atom. The second-order valence-corrected chi connectivity index (χ2v) is 3.46. The van der Waals surface area contributed by atoms with Gasteiger partial charge in [-0.05, 0) is 30.5 Å². The van der Waals surface area contributed by atoms with Crippen LogP contribution in [0.1, 0.15) is 5.69 Å². The maximum Gasteiger partial charge on any atom is 0.0713 e. The minimum absolute atomic E-state index is 1.07. The van der Waals surface area contributed by atoms with Crippen molar-refractivity contribution < 1.29 is 0 Å². The highest BCUT2D eigenvalue weighted by molar-refractivity contribution is 7.08. The van der Waals surface area contributed by atoms with Crippen molar-refractivity contribution in [3.63, 3.8) is 0 Å². The van der Waals surface area contributed by atoms with Crippen molar-refractivity contribution in [3.8, 4) is 11.3 Å². The minimum Gasteiger partial charge on any atom is -0.253 e. The summed E-state index contributed by atoms with van der Waals surface area (Å²) in [6.07, 6.45) is 0. The molecular formula is C10H9NS. The van der Waals surface area contributed by atoms with E-state index in [1.54, 1.807) is 11.3 Å². The molecule has 0 bridgehead atoms. The molecule has 0 aliphatic rings. The third-order valence-electron chi connectivity index (χ3n) is 1.71. The zero-order valence-electron chi connectivity index (χ0n) is 6.82. The summed E-state index contributed by atoms with van der Waals surface area (Å²) < 4.78 is 0. The maximum atomic E-state index is 4.42. The molecule has 0 amide bonds. The summed E-state index contributed by atoms with van der Waals surface area (Å²) >= 11 is 1.70. The van der Waals surface area contributed by atoms with Crippen molar-refractivity contribution >= 4 is 11.3 Å². The Morgan fingerprint density at radius 3 is 2.83 bits per heavy atom. The number of hydrogen-bond donors (Lipinski definition) is 0. The van der Waals surface area contributed by atoms with Gasteiger partial charge in [-0.3, -0.25) is 4.98 Å². The van der Waals surface area contributed by atoms with Gasteiger partial charge in [0.05, 0.1) is 5.69 Å². The van der Waals surface area contributed by atoms with Gasteiger partial charge < -0.3 is 0 Å². The van der Waals surface area contributed by atoms with Crippen LogP contribution in [0.4, 0.5) is 0 Å². The first-order valence-electron chi connectivity index (χ1n) is 3.82. The summed E-state index contributed by atoms with van der Waals surface area (Å²) in [6.45, 7) is 2.01. The fraction of sp³-hybridized carbons (Fsp3) is 0.100. The van der Waals surface area contributed by atoms with Crippen LogP contribution < -0.4 is 0 Å². The summed E-state index contributed by atoms with van der Waals surface area (Å²) in [4.78, 5) is 4.42. The van der Waals surface area contributed by atoms with Gasteiger partial charge in [-0.1, -0.05) is 6.07 Å². The lowest BCUT2D eigenvalue weighted by atomic mass is 10.2. The molecule has 0 spiro atoms. The fourth-order valence-electron chi connectivity index (χ4n) is 1.11. The number of pyridine rings is 1. The van der Waals surface area contributed by atoms with Gasteiger partial charge in [-0.15, -0.1) is 0 Å². The van der Waals surface area contributed by atoms with E-state index in [2.05, 4.69) is 21.8 Å². The lowest BCUT2D eigenvalue weighted by Gasteiger charge is -1.96. The predicted molar refractivity (Wildman–Crippen MR) is 52.3 cm³/mol. The number of aryl methyl sites for hydroxylation is 1. The molecule has 2 heteroatoms. The van der Waals surface area contributed by atoms with Gasteiger partial charge in [-0.25, -0.2) is 0 Å². The first-order chi connectivity index (χ1) is 5.86. The van der Waals surface area contributed by atoms with Crippen molar-refractivity contribution in [1.29, 1.82) is 0 Å². The Hall–Kier alpha value is -1.15. The second-order valence-electron chi connectivity index (χ2n) is 2.68. The first kappa shape index (κ1) is 7.50. The van der Waals surface area contributed by atoms with Crippen LogP contribution in [0.25, 0.3) is 11.3 Å². The third-order valence-corrected chi connectivity index (χ3v) is 2.39. The quantitative estimate of drug-likeness (QED) is 0.649. The van der Waals surface area contributed by atoms with Crippen LogP contribution in [0.2, 0.25) is 0 Å². The van der Waals surface area contributed by atoms with Crippen molar-refractivity contribution in [1.82, 2.24) is 4.98 Å². The van der Waals surface area contributed by atoms with Gasteiger partial charge in [0.1, 0.15) is 0 Å². The third kappa shape index (κ3) is 1.38. The molecule has 0 N–H and O–H groups in total. The number of thiophene rings is 1. The summed E-state index contributed by atoms with van der Waals surface area (Å²) in [6, 6.07) is 8.17. The number of hydrogen-bond acceptors (Lipinski definition) is 2. The molecule has 2 aromatic rings. The van der Waals surface area contributed by atoms with Gasteiger partial charge in [0, 0.05) is 16.6 Å². The van der Waals surface area contributed by atoms with Crippen LogP contribution in [-0.2, 0) is 0 Å². The Labute approximate surface area is 75.7 Å². The molecule has 60 valence electrons. The van der Waals surface area contributed by atoms with E-state index in [9.17, 15) is 0 Å². The van der Waals surface area contributed by atoms with E-state index < -0.39 is 0 Å². The average molecular weight is 175 g/mol. The van der Waals surface area contributed by atoms with Crippen molar-refractivity contribution in [3.05, 3.63) is 40.7 Å². The van der Waals surface area contributed by atoms with Crippen molar-refractivity contribution in [2.24, 2.45) is 0 Å². The highest BCUT2D eigenvalue weighted by Gasteiger charge is 1.97. The van der Waals surface area contributed by atoms with E-state index in [0.29, 0.717) is 0 Å². The van der Waals surface area contributed by atoms with Gasteiger partial charge in [0.15, 0.2) is 0 Å². The average Bonchev–Trinajstić information content (AvgIpc) is 2.56. The van der Waals surface area contributed by atoms with E-state index in [1.807, 2.05) is 25.1 Å². The molecule has 0 aromatic carbocycles. The lowest BCUT2D eigenvalue weighted by molar-refractivity contribution is 1.21. The van der Waals surface area contributed by atoms with Crippen LogP contribution in [0, 0.1) is 6.92 Å². The lowest BCUT2D eigenvalue weighted by Crippen LogP contribution is -1.83. The Bertz CT molecular complexity index is 365. The van der Waals surface area contributed by atoms with Crippen molar-refractivity contribution in [2.75, 3.05) is 0 Å². The van der Waals surface area contributed by atoms with Gasteiger partial charge in [0.2, 0.25) is 0 Å². The molecule has 0 saturated heterocycles. The highest BCUT2D eigenvalue weighted by atomic mass is 32.1. The summed E-state index contributed by atoms with van der Waals surface area (Å²) in [5.41, 5.74) is 3.35. The maximum absolute atomic E-state index is 4.42. The molecule has 0 atom stereocenters. The standard InChI is InChI=1S/C10H9NS/c1-8-3-2-4-10(11-8)9-5-6-12-7-9/h2-7H,1H3. The normalized spacial score (nSPS) is 10.1. The molecule has 2 aromatic heterocycles. The Morgan fingerprint density at radius 1 is 1.25 bits per heavy atom. The SMILES string of the molecule is Cc1cccc(-c2ccsc2)n1. The monoisotopic (exact) mass is 175 g/mol. The van der Waals surface area contributed by atoms with E-state index >= 15 is 0 Å². The predicted octanol–water partition coefficient (Wildman–Crippen LogP) is 3.12. The Balaban J connectivity index is 2.48. The molecule has 2 heterocycles. The van der Waals surface area contributed by atoms with Crippen LogP contribution in [0.3, 0.4) is 0 Å². The largest absolute Gasteiger partial charge is 0.253 e. The molecule has 0 aliphatic carbocycles. The second kappa shape index (κ2) is 3.07. The number of rotatable bonds is 1. The minimum atomic E-state index is 1.07. The zero-order chi connectivity index (χ0) is 8.39.